The van der Waals surface area contributed by atoms with Crippen molar-refractivity contribution in [2.75, 3.05) is 5.32 Å². The lowest BCUT2D eigenvalue weighted by Crippen LogP contribution is -2.09. The van der Waals surface area contributed by atoms with Crippen molar-refractivity contribution in [3.8, 4) is 0 Å². The highest BCUT2D eigenvalue weighted by atomic mass is 32.1. The third-order valence-electron chi connectivity index (χ3n) is 2.61. The van der Waals surface area contributed by atoms with Crippen molar-refractivity contribution in [2.24, 2.45) is 0 Å². The van der Waals surface area contributed by atoms with E-state index in [1.54, 1.807) is 17.4 Å². The molecule has 0 spiro atoms. The van der Waals surface area contributed by atoms with E-state index in [1.165, 1.54) is 6.07 Å². The average molecular weight is 263 g/mol. The van der Waals surface area contributed by atoms with Gasteiger partial charge in [0.25, 0.3) is 0 Å². The van der Waals surface area contributed by atoms with Crippen LogP contribution in [0.25, 0.3) is 0 Å². The van der Waals surface area contributed by atoms with Gasteiger partial charge in [-0.25, -0.2) is 4.98 Å². The molecule has 0 radical (unpaired) electrons. The van der Waals surface area contributed by atoms with Crippen LogP contribution in [0.3, 0.4) is 0 Å². The van der Waals surface area contributed by atoms with Crippen molar-refractivity contribution in [3.63, 3.8) is 0 Å². The van der Waals surface area contributed by atoms with Crippen LogP contribution < -0.4 is 5.32 Å². The molecule has 2 rings (SSSR count). The number of aryl methyl sites for hydroxylation is 1. The molecule has 0 fully saturated rings. The summed E-state index contributed by atoms with van der Waals surface area (Å²) in [5.41, 5.74) is 1.85. The Morgan fingerprint density at radius 3 is 2.83 bits per heavy atom. The fraction of sp³-hybridized carbons (Fsp3) is 0.250. The van der Waals surface area contributed by atoms with E-state index in [2.05, 4.69) is 10.3 Å². The predicted molar refractivity (Wildman–Crippen MR) is 72.0 cm³/mol. The van der Waals surface area contributed by atoms with Crippen LogP contribution in [-0.4, -0.2) is 9.91 Å². The predicted octanol–water partition coefficient (Wildman–Crippen LogP) is 3.53. The molecular formula is C12H13N3O2S. The lowest BCUT2D eigenvalue weighted by Gasteiger charge is -2.13. The van der Waals surface area contributed by atoms with Crippen LogP contribution in [0.15, 0.2) is 29.0 Å². The summed E-state index contributed by atoms with van der Waals surface area (Å²) in [6.07, 6.45) is 0. The summed E-state index contributed by atoms with van der Waals surface area (Å²) in [7, 11) is 0. The Morgan fingerprint density at radius 1 is 1.44 bits per heavy atom. The zero-order chi connectivity index (χ0) is 13.1. The molecule has 2 heterocycles. The Balaban J connectivity index is 2.28. The van der Waals surface area contributed by atoms with Gasteiger partial charge in [-0.15, -0.1) is 0 Å². The van der Waals surface area contributed by atoms with Crippen molar-refractivity contribution in [2.45, 2.75) is 19.9 Å². The largest absolute Gasteiger partial charge is 0.358 e. The fourth-order valence-corrected chi connectivity index (χ4v) is 2.37. The highest BCUT2D eigenvalue weighted by Gasteiger charge is 2.17. The van der Waals surface area contributed by atoms with Crippen molar-refractivity contribution < 1.29 is 4.92 Å². The zero-order valence-corrected chi connectivity index (χ0v) is 10.9. The van der Waals surface area contributed by atoms with Crippen LogP contribution in [0.5, 0.6) is 0 Å². The molecule has 0 aliphatic carbocycles. The molecule has 0 aromatic carbocycles. The number of nitrogens with one attached hydrogen (secondary N) is 1. The number of nitrogens with zero attached hydrogens (tertiary/aromatic N) is 2. The standard InChI is InChI=1S/C12H13N3O2S/c1-8-3-4-11(15(16)17)12(13-8)14-9(2)10-5-6-18-7-10/h3-7,9H,1-2H3,(H,13,14). The van der Waals surface area contributed by atoms with Gasteiger partial charge in [-0.1, -0.05) is 0 Å². The maximum atomic E-state index is 10.9. The first kappa shape index (κ1) is 12.5. The van der Waals surface area contributed by atoms with E-state index in [-0.39, 0.29) is 11.7 Å². The topological polar surface area (TPSA) is 68.1 Å². The maximum absolute atomic E-state index is 10.9. The summed E-state index contributed by atoms with van der Waals surface area (Å²) in [6, 6.07) is 5.09. The quantitative estimate of drug-likeness (QED) is 0.676. The second kappa shape index (κ2) is 5.14. The second-order valence-electron chi connectivity index (χ2n) is 4.00. The summed E-state index contributed by atoms with van der Waals surface area (Å²) in [4.78, 5) is 14.7. The van der Waals surface area contributed by atoms with Gasteiger partial charge in [0.1, 0.15) is 0 Å². The van der Waals surface area contributed by atoms with Crippen LogP contribution >= 0.6 is 11.3 Å². The third-order valence-corrected chi connectivity index (χ3v) is 3.31. The smallest absolute Gasteiger partial charge is 0.311 e. The number of pyridine rings is 1. The Morgan fingerprint density at radius 2 is 2.22 bits per heavy atom. The van der Waals surface area contributed by atoms with Crippen LogP contribution in [0.1, 0.15) is 24.2 Å². The summed E-state index contributed by atoms with van der Waals surface area (Å²) < 4.78 is 0. The minimum absolute atomic E-state index is 0.00248. The number of nitro groups is 1. The molecule has 6 heteroatoms. The van der Waals surface area contributed by atoms with E-state index in [4.69, 9.17) is 0 Å². The molecule has 94 valence electrons. The second-order valence-corrected chi connectivity index (χ2v) is 4.78. The fourth-order valence-electron chi connectivity index (χ4n) is 1.61. The molecule has 18 heavy (non-hydrogen) atoms. The van der Waals surface area contributed by atoms with Crippen molar-refractivity contribution in [3.05, 3.63) is 50.3 Å². The van der Waals surface area contributed by atoms with Gasteiger partial charge in [0.05, 0.1) is 11.0 Å². The molecule has 0 saturated heterocycles. The number of anilines is 1. The van der Waals surface area contributed by atoms with Gasteiger partial charge in [0, 0.05) is 11.8 Å². The van der Waals surface area contributed by atoms with E-state index in [0.717, 1.165) is 11.3 Å². The van der Waals surface area contributed by atoms with Crippen molar-refractivity contribution >= 4 is 22.8 Å². The van der Waals surface area contributed by atoms with E-state index in [1.807, 2.05) is 30.7 Å². The molecule has 5 nitrogen and oxygen atoms in total. The highest BCUT2D eigenvalue weighted by Crippen LogP contribution is 2.27. The van der Waals surface area contributed by atoms with Crippen LogP contribution in [0, 0.1) is 17.0 Å². The number of hydrogen-bond donors (Lipinski definition) is 1. The van der Waals surface area contributed by atoms with Gasteiger partial charge >= 0.3 is 5.69 Å². The van der Waals surface area contributed by atoms with Crippen LogP contribution in [-0.2, 0) is 0 Å². The molecular weight excluding hydrogens is 250 g/mol. The van der Waals surface area contributed by atoms with Gasteiger partial charge in [-0.3, -0.25) is 10.1 Å². The number of rotatable bonds is 4. The average Bonchev–Trinajstić information content (AvgIpc) is 2.81. The number of hydrogen-bond acceptors (Lipinski definition) is 5. The first-order valence-corrected chi connectivity index (χ1v) is 6.43. The summed E-state index contributed by atoms with van der Waals surface area (Å²) in [6.45, 7) is 3.76. The number of aromatic nitrogens is 1. The van der Waals surface area contributed by atoms with Gasteiger partial charge < -0.3 is 5.32 Å². The molecule has 0 amide bonds. The molecule has 2 aromatic heterocycles. The Bertz CT molecular complexity index is 554. The SMILES string of the molecule is Cc1ccc([N+](=O)[O-])c(NC(C)c2ccsc2)n1. The molecule has 1 N–H and O–H groups in total. The van der Waals surface area contributed by atoms with Crippen LogP contribution in [0.4, 0.5) is 11.5 Å². The molecule has 0 saturated carbocycles. The molecule has 1 atom stereocenters. The lowest BCUT2D eigenvalue weighted by molar-refractivity contribution is -0.384. The zero-order valence-electron chi connectivity index (χ0n) is 10.1. The molecule has 0 bridgehead atoms. The Kier molecular flexibility index (Phi) is 3.57. The Hall–Kier alpha value is -1.95. The van der Waals surface area contributed by atoms with E-state index in [9.17, 15) is 10.1 Å². The molecule has 0 aliphatic heterocycles. The van der Waals surface area contributed by atoms with Crippen molar-refractivity contribution in [1.29, 1.82) is 0 Å². The van der Waals surface area contributed by atoms with Crippen LogP contribution in [0.2, 0.25) is 0 Å². The van der Waals surface area contributed by atoms with Gasteiger partial charge in [0.2, 0.25) is 5.82 Å². The van der Waals surface area contributed by atoms with Gasteiger partial charge in [-0.2, -0.15) is 11.3 Å². The summed E-state index contributed by atoms with van der Waals surface area (Å²) in [5, 5.41) is 18.0. The molecule has 2 aromatic rings. The van der Waals surface area contributed by atoms with Gasteiger partial charge in [-0.05, 0) is 42.3 Å². The Labute approximate surface area is 109 Å². The third kappa shape index (κ3) is 2.65. The highest BCUT2D eigenvalue weighted by molar-refractivity contribution is 7.07. The van der Waals surface area contributed by atoms with E-state index in [0.29, 0.717) is 5.82 Å². The van der Waals surface area contributed by atoms with E-state index >= 15 is 0 Å². The number of thiophene rings is 1. The molecule has 1 unspecified atom stereocenters. The molecule has 0 aliphatic rings. The summed E-state index contributed by atoms with van der Waals surface area (Å²) >= 11 is 1.60. The minimum atomic E-state index is -0.422. The lowest BCUT2D eigenvalue weighted by atomic mass is 10.2. The van der Waals surface area contributed by atoms with Gasteiger partial charge in [0.15, 0.2) is 0 Å². The monoisotopic (exact) mass is 263 g/mol. The maximum Gasteiger partial charge on any atom is 0.311 e. The first-order chi connectivity index (χ1) is 8.58. The van der Waals surface area contributed by atoms with E-state index < -0.39 is 4.92 Å². The first-order valence-electron chi connectivity index (χ1n) is 5.48. The summed E-state index contributed by atoms with van der Waals surface area (Å²) in [5.74, 6) is 0.318. The van der Waals surface area contributed by atoms with Crippen molar-refractivity contribution in [1.82, 2.24) is 4.98 Å². The minimum Gasteiger partial charge on any atom is -0.358 e. The normalized spacial score (nSPS) is 12.1.